The van der Waals surface area contributed by atoms with E-state index in [1.807, 2.05) is 0 Å². The zero-order valence-electron chi connectivity index (χ0n) is 10.5. The van der Waals surface area contributed by atoms with Gasteiger partial charge in [0, 0.05) is 6.20 Å². The highest BCUT2D eigenvalue weighted by molar-refractivity contribution is 6.31. The minimum Gasteiger partial charge on any atom is -0.346 e. The molecule has 0 aliphatic heterocycles. The summed E-state index contributed by atoms with van der Waals surface area (Å²) in [4.78, 5) is 19.8. The number of nitrogens with one attached hydrogen (secondary N) is 1. The van der Waals surface area contributed by atoms with Crippen molar-refractivity contribution in [3.8, 4) is 0 Å². The smallest absolute Gasteiger partial charge is 0.254 e. The SMILES string of the molecule is Cc1nccc(CNC(=O)c2ccc(F)c(Cl)c2F)n1. The number of hydrogen-bond acceptors (Lipinski definition) is 3. The number of aryl methyl sites for hydroxylation is 1. The second-order valence-corrected chi connectivity index (χ2v) is 4.38. The van der Waals surface area contributed by atoms with Crippen LogP contribution in [0.25, 0.3) is 0 Å². The maximum Gasteiger partial charge on any atom is 0.254 e. The van der Waals surface area contributed by atoms with Crippen LogP contribution >= 0.6 is 11.6 Å². The van der Waals surface area contributed by atoms with Crippen LogP contribution in [-0.4, -0.2) is 15.9 Å². The highest BCUT2D eigenvalue weighted by atomic mass is 35.5. The number of hydrogen-bond donors (Lipinski definition) is 1. The molecule has 1 heterocycles. The molecular weight excluding hydrogens is 288 g/mol. The molecule has 0 atom stereocenters. The van der Waals surface area contributed by atoms with Gasteiger partial charge in [0.05, 0.1) is 17.8 Å². The number of halogens is 3. The van der Waals surface area contributed by atoms with Crippen LogP contribution in [0.5, 0.6) is 0 Å². The minimum absolute atomic E-state index is 0.108. The Morgan fingerprint density at radius 1 is 1.35 bits per heavy atom. The van der Waals surface area contributed by atoms with Gasteiger partial charge in [0.15, 0.2) is 5.82 Å². The van der Waals surface area contributed by atoms with Crippen molar-refractivity contribution in [2.24, 2.45) is 0 Å². The van der Waals surface area contributed by atoms with Gasteiger partial charge < -0.3 is 5.32 Å². The third-order valence-electron chi connectivity index (χ3n) is 2.54. The summed E-state index contributed by atoms with van der Waals surface area (Å²) in [6, 6.07) is 3.60. The Labute approximate surface area is 118 Å². The third kappa shape index (κ3) is 3.08. The van der Waals surface area contributed by atoms with Crippen molar-refractivity contribution < 1.29 is 13.6 Å². The lowest BCUT2D eigenvalue weighted by Crippen LogP contribution is -2.24. The molecule has 0 saturated heterocycles. The molecule has 0 aliphatic carbocycles. The highest BCUT2D eigenvalue weighted by Gasteiger charge is 2.17. The van der Waals surface area contributed by atoms with Gasteiger partial charge in [-0.25, -0.2) is 18.7 Å². The average Bonchev–Trinajstić information content (AvgIpc) is 2.42. The van der Waals surface area contributed by atoms with Gasteiger partial charge in [0.2, 0.25) is 0 Å². The van der Waals surface area contributed by atoms with Crippen LogP contribution < -0.4 is 5.32 Å². The van der Waals surface area contributed by atoms with Crippen molar-refractivity contribution in [3.05, 3.63) is 58.1 Å². The van der Waals surface area contributed by atoms with E-state index in [9.17, 15) is 13.6 Å². The summed E-state index contributed by atoms with van der Waals surface area (Å²) in [5.74, 6) is -2.12. The maximum absolute atomic E-state index is 13.6. The molecule has 0 unspecified atom stereocenters. The van der Waals surface area contributed by atoms with Crippen LogP contribution in [0.2, 0.25) is 5.02 Å². The van der Waals surface area contributed by atoms with Crippen LogP contribution in [0.4, 0.5) is 8.78 Å². The topological polar surface area (TPSA) is 54.9 Å². The van der Waals surface area contributed by atoms with Crippen LogP contribution in [0.1, 0.15) is 21.9 Å². The number of nitrogens with zero attached hydrogens (tertiary/aromatic N) is 2. The molecule has 0 bridgehead atoms. The summed E-state index contributed by atoms with van der Waals surface area (Å²) < 4.78 is 26.6. The Hall–Kier alpha value is -2.08. The second kappa shape index (κ2) is 5.92. The standard InChI is InChI=1S/C13H10ClF2N3O/c1-7-17-5-4-8(19-7)6-18-13(20)9-2-3-10(15)11(14)12(9)16/h2-5H,6H2,1H3,(H,18,20). The Bertz CT molecular complexity index is 664. The molecule has 2 rings (SSSR count). The van der Waals surface area contributed by atoms with Gasteiger partial charge in [0.25, 0.3) is 5.91 Å². The average molecular weight is 298 g/mol. The van der Waals surface area contributed by atoms with E-state index in [4.69, 9.17) is 11.6 Å². The van der Waals surface area contributed by atoms with Gasteiger partial charge in [-0.05, 0) is 25.1 Å². The molecule has 0 aliphatic rings. The van der Waals surface area contributed by atoms with Gasteiger partial charge in [-0.2, -0.15) is 0 Å². The first kappa shape index (κ1) is 14.3. The van der Waals surface area contributed by atoms with Crippen LogP contribution in [0.15, 0.2) is 24.4 Å². The quantitative estimate of drug-likeness (QED) is 0.886. The molecule has 2 aromatic rings. The zero-order chi connectivity index (χ0) is 14.7. The first-order valence-corrected chi connectivity index (χ1v) is 6.07. The molecule has 1 N–H and O–H groups in total. The Kier molecular flexibility index (Phi) is 4.24. The van der Waals surface area contributed by atoms with Gasteiger partial charge in [-0.3, -0.25) is 4.79 Å². The van der Waals surface area contributed by atoms with Crippen LogP contribution in [-0.2, 0) is 6.54 Å². The molecule has 1 aromatic carbocycles. The lowest BCUT2D eigenvalue weighted by Gasteiger charge is -2.07. The molecule has 0 saturated carbocycles. The molecule has 0 radical (unpaired) electrons. The molecule has 1 amide bonds. The van der Waals surface area contributed by atoms with Crippen molar-refractivity contribution in [2.75, 3.05) is 0 Å². The monoisotopic (exact) mass is 297 g/mol. The first-order valence-electron chi connectivity index (χ1n) is 5.69. The van der Waals surface area contributed by atoms with Gasteiger partial charge >= 0.3 is 0 Å². The van der Waals surface area contributed by atoms with Crippen molar-refractivity contribution in [1.82, 2.24) is 15.3 Å². The summed E-state index contributed by atoms with van der Waals surface area (Å²) >= 11 is 5.41. The lowest BCUT2D eigenvalue weighted by molar-refractivity contribution is 0.0946. The summed E-state index contributed by atoms with van der Waals surface area (Å²) in [5.41, 5.74) is 0.265. The van der Waals surface area contributed by atoms with E-state index < -0.39 is 22.6 Å². The Morgan fingerprint density at radius 2 is 2.10 bits per heavy atom. The van der Waals surface area contributed by atoms with E-state index in [0.29, 0.717) is 11.5 Å². The molecule has 4 nitrogen and oxygen atoms in total. The molecule has 7 heteroatoms. The van der Waals surface area contributed by atoms with E-state index >= 15 is 0 Å². The molecule has 0 fully saturated rings. The summed E-state index contributed by atoms with van der Waals surface area (Å²) in [5, 5.41) is 1.78. The summed E-state index contributed by atoms with van der Waals surface area (Å²) in [7, 11) is 0. The van der Waals surface area contributed by atoms with Crippen LogP contribution in [0.3, 0.4) is 0 Å². The normalized spacial score (nSPS) is 10.4. The number of rotatable bonds is 3. The highest BCUT2D eigenvalue weighted by Crippen LogP contribution is 2.21. The lowest BCUT2D eigenvalue weighted by atomic mass is 10.2. The largest absolute Gasteiger partial charge is 0.346 e. The van der Waals surface area contributed by atoms with Gasteiger partial charge in [0.1, 0.15) is 16.7 Å². The molecule has 20 heavy (non-hydrogen) atoms. The number of benzene rings is 1. The first-order chi connectivity index (χ1) is 9.49. The molecular formula is C13H10ClF2N3O. The second-order valence-electron chi connectivity index (χ2n) is 4.00. The number of carbonyl (C=O) groups is 1. The number of carbonyl (C=O) groups excluding carboxylic acids is 1. The van der Waals surface area contributed by atoms with Crippen molar-refractivity contribution in [3.63, 3.8) is 0 Å². The Balaban J connectivity index is 2.11. The molecule has 104 valence electrons. The minimum atomic E-state index is -1.08. The predicted octanol–water partition coefficient (Wildman–Crippen LogP) is 2.65. The Morgan fingerprint density at radius 3 is 2.80 bits per heavy atom. The van der Waals surface area contributed by atoms with Gasteiger partial charge in [-0.1, -0.05) is 11.6 Å². The third-order valence-corrected chi connectivity index (χ3v) is 2.89. The molecule has 0 spiro atoms. The maximum atomic E-state index is 13.6. The summed E-state index contributed by atoms with van der Waals surface area (Å²) in [6.45, 7) is 1.82. The fourth-order valence-electron chi connectivity index (χ4n) is 1.57. The van der Waals surface area contributed by atoms with Crippen LogP contribution in [0, 0.1) is 18.6 Å². The summed E-state index contributed by atoms with van der Waals surface area (Å²) in [6.07, 6.45) is 1.55. The van der Waals surface area contributed by atoms with E-state index in [2.05, 4.69) is 15.3 Å². The molecule has 1 aromatic heterocycles. The van der Waals surface area contributed by atoms with E-state index in [0.717, 1.165) is 12.1 Å². The van der Waals surface area contributed by atoms with E-state index in [1.54, 1.807) is 19.2 Å². The number of aromatic nitrogens is 2. The van der Waals surface area contributed by atoms with Gasteiger partial charge in [-0.15, -0.1) is 0 Å². The fraction of sp³-hybridized carbons (Fsp3) is 0.154. The fourth-order valence-corrected chi connectivity index (χ4v) is 1.74. The zero-order valence-corrected chi connectivity index (χ0v) is 11.2. The van der Waals surface area contributed by atoms with E-state index in [1.165, 1.54) is 0 Å². The predicted molar refractivity (Wildman–Crippen MR) is 69.3 cm³/mol. The van der Waals surface area contributed by atoms with Crippen molar-refractivity contribution in [2.45, 2.75) is 13.5 Å². The van der Waals surface area contributed by atoms with Crippen molar-refractivity contribution in [1.29, 1.82) is 0 Å². The van der Waals surface area contributed by atoms with E-state index in [-0.39, 0.29) is 12.1 Å². The number of amides is 1. The van der Waals surface area contributed by atoms with Crippen molar-refractivity contribution >= 4 is 17.5 Å².